The van der Waals surface area contributed by atoms with E-state index in [4.69, 9.17) is 9.47 Å². The fraction of sp³-hybridized carbons (Fsp3) is 0. The van der Waals surface area contributed by atoms with Gasteiger partial charge in [-0.3, -0.25) is 0 Å². The van der Waals surface area contributed by atoms with Crippen LogP contribution in [0.3, 0.4) is 0 Å². The minimum atomic E-state index is 0.897. The van der Waals surface area contributed by atoms with Gasteiger partial charge in [-0.15, -0.1) is 0 Å². The van der Waals surface area contributed by atoms with Gasteiger partial charge in [0.1, 0.15) is 23.0 Å². The monoisotopic (exact) mass is 334 g/mol. The van der Waals surface area contributed by atoms with Crippen LogP contribution in [-0.4, -0.2) is 0 Å². The summed E-state index contributed by atoms with van der Waals surface area (Å²) >= 11 is 0. The van der Waals surface area contributed by atoms with Gasteiger partial charge in [0.25, 0.3) is 0 Å². The highest BCUT2D eigenvalue weighted by Gasteiger charge is 2.16. The van der Waals surface area contributed by atoms with E-state index in [1.165, 1.54) is 10.8 Å². The van der Waals surface area contributed by atoms with Crippen molar-refractivity contribution in [2.75, 3.05) is 0 Å². The van der Waals surface area contributed by atoms with Gasteiger partial charge in [0, 0.05) is 21.6 Å². The standard InChI is InChI=1S/C24H14O2/c1-3-7-21-15(5-1)13-19-17-9-12-24-20(18(17)10-11-23(19)25-21)14-16-6-2-4-8-22(16)26-24/h1-14H. The first-order valence-electron chi connectivity index (χ1n) is 8.70. The van der Waals surface area contributed by atoms with Crippen molar-refractivity contribution in [3.8, 4) is 23.0 Å². The number of hydrogen-bond donors (Lipinski definition) is 0. The zero-order valence-corrected chi connectivity index (χ0v) is 13.9. The van der Waals surface area contributed by atoms with Gasteiger partial charge in [0.2, 0.25) is 0 Å². The summed E-state index contributed by atoms with van der Waals surface area (Å²) in [5, 5.41) is 4.59. The normalized spacial score (nSPS) is 13.1. The molecule has 6 rings (SSSR count). The van der Waals surface area contributed by atoms with Gasteiger partial charge in [0.05, 0.1) is 0 Å². The van der Waals surface area contributed by atoms with Crippen molar-refractivity contribution in [3.63, 3.8) is 0 Å². The number of para-hydroxylation sites is 2. The molecule has 26 heavy (non-hydrogen) atoms. The fourth-order valence-corrected chi connectivity index (χ4v) is 3.82. The van der Waals surface area contributed by atoms with Crippen molar-refractivity contribution in [3.05, 3.63) is 94.4 Å². The molecule has 0 spiro atoms. The summed E-state index contributed by atoms with van der Waals surface area (Å²) in [6, 6.07) is 24.6. The summed E-state index contributed by atoms with van der Waals surface area (Å²) in [6.07, 6.45) is 4.42. The van der Waals surface area contributed by atoms with E-state index in [2.05, 4.69) is 48.6 Å². The van der Waals surface area contributed by atoms with E-state index in [0.29, 0.717) is 0 Å². The van der Waals surface area contributed by atoms with Crippen LogP contribution in [0.2, 0.25) is 0 Å². The van der Waals surface area contributed by atoms with Gasteiger partial charge in [-0.25, -0.2) is 0 Å². The van der Waals surface area contributed by atoms with Crippen molar-refractivity contribution in [1.82, 2.24) is 0 Å². The quantitative estimate of drug-likeness (QED) is 0.400. The van der Waals surface area contributed by atoms with E-state index < -0.39 is 0 Å². The van der Waals surface area contributed by atoms with Gasteiger partial charge in [-0.05, 0) is 59.3 Å². The second kappa shape index (κ2) is 4.99. The molecule has 0 saturated heterocycles. The lowest BCUT2D eigenvalue weighted by Gasteiger charge is -2.18. The first-order chi connectivity index (χ1) is 12.9. The van der Waals surface area contributed by atoms with Crippen molar-refractivity contribution in [1.29, 1.82) is 0 Å². The lowest BCUT2D eigenvalue weighted by Crippen LogP contribution is -2.17. The minimum absolute atomic E-state index is 0.897. The molecule has 0 bridgehead atoms. The Morgan fingerprint density at radius 2 is 0.885 bits per heavy atom. The number of ether oxygens (including phenoxy) is 2. The van der Waals surface area contributed by atoms with E-state index in [-0.39, 0.29) is 0 Å². The number of benzene rings is 4. The van der Waals surface area contributed by atoms with E-state index in [0.717, 1.165) is 44.6 Å². The molecule has 2 aliphatic rings. The van der Waals surface area contributed by atoms with Crippen LogP contribution in [-0.2, 0) is 0 Å². The molecule has 2 aliphatic heterocycles. The predicted molar refractivity (Wildman–Crippen MR) is 103 cm³/mol. The summed E-state index contributed by atoms with van der Waals surface area (Å²) < 4.78 is 12.2. The maximum atomic E-state index is 6.11. The summed E-state index contributed by atoms with van der Waals surface area (Å²) in [5.74, 6) is 3.60. The van der Waals surface area contributed by atoms with Gasteiger partial charge >= 0.3 is 0 Å². The molecule has 2 heteroatoms. The number of fused-ring (bicyclic) bond motifs is 7. The topological polar surface area (TPSA) is 18.5 Å². The summed E-state index contributed by atoms with van der Waals surface area (Å²) in [7, 11) is 0. The Labute approximate surface area is 150 Å². The molecule has 122 valence electrons. The van der Waals surface area contributed by atoms with Crippen molar-refractivity contribution in [2.45, 2.75) is 0 Å². The van der Waals surface area contributed by atoms with Crippen LogP contribution >= 0.6 is 0 Å². The molecule has 0 radical (unpaired) electrons. The molecule has 0 amide bonds. The molecule has 0 aromatic heterocycles. The van der Waals surface area contributed by atoms with Crippen LogP contribution in [0.4, 0.5) is 0 Å². The van der Waals surface area contributed by atoms with Gasteiger partial charge < -0.3 is 9.47 Å². The van der Waals surface area contributed by atoms with E-state index in [1.54, 1.807) is 0 Å². The molecule has 0 aliphatic carbocycles. The van der Waals surface area contributed by atoms with Crippen LogP contribution in [0.25, 0.3) is 22.9 Å². The molecular weight excluding hydrogens is 320 g/mol. The van der Waals surface area contributed by atoms with Gasteiger partial charge in [-0.2, -0.15) is 0 Å². The van der Waals surface area contributed by atoms with Gasteiger partial charge in [-0.1, -0.05) is 36.4 Å². The second-order valence-corrected chi connectivity index (χ2v) is 6.62. The molecular formula is C24H14O2. The molecule has 4 aromatic carbocycles. The third-order valence-corrected chi connectivity index (χ3v) is 5.08. The zero-order valence-electron chi connectivity index (χ0n) is 13.9. The fourth-order valence-electron chi connectivity index (χ4n) is 3.82. The second-order valence-electron chi connectivity index (χ2n) is 6.62. The molecule has 0 atom stereocenters. The minimum Gasteiger partial charge on any atom is -0.456 e. The Kier molecular flexibility index (Phi) is 2.64. The lowest BCUT2D eigenvalue weighted by molar-refractivity contribution is 0.472. The van der Waals surface area contributed by atoms with Crippen LogP contribution in [0.5, 0.6) is 23.0 Å². The molecule has 0 unspecified atom stereocenters. The highest BCUT2D eigenvalue weighted by Crippen LogP contribution is 2.32. The highest BCUT2D eigenvalue weighted by atomic mass is 16.5. The van der Waals surface area contributed by atoms with E-state index in [1.807, 2.05) is 36.4 Å². The third-order valence-electron chi connectivity index (χ3n) is 5.08. The number of hydrogen-bond acceptors (Lipinski definition) is 2. The maximum Gasteiger partial charge on any atom is 0.135 e. The zero-order chi connectivity index (χ0) is 17.1. The third kappa shape index (κ3) is 1.87. The lowest BCUT2D eigenvalue weighted by atomic mass is 9.99. The maximum absolute atomic E-state index is 6.11. The molecule has 0 fully saturated rings. The summed E-state index contributed by atoms with van der Waals surface area (Å²) in [5.41, 5.74) is 2.21. The number of rotatable bonds is 0. The Hall–Kier alpha value is -3.52. The Morgan fingerprint density at radius 3 is 1.38 bits per heavy atom. The molecule has 2 heterocycles. The first kappa shape index (κ1) is 13.7. The van der Waals surface area contributed by atoms with E-state index >= 15 is 0 Å². The van der Waals surface area contributed by atoms with Gasteiger partial charge in [0.15, 0.2) is 0 Å². The molecule has 4 aromatic rings. The van der Waals surface area contributed by atoms with E-state index in [9.17, 15) is 0 Å². The molecule has 0 N–H and O–H groups in total. The molecule has 2 nitrogen and oxygen atoms in total. The summed E-state index contributed by atoms with van der Waals surface area (Å²) in [4.78, 5) is 0. The molecule has 0 saturated carbocycles. The summed E-state index contributed by atoms with van der Waals surface area (Å²) in [6.45, 7) is 0. The van der Waals surface area contributed by atoms with Crippen LogP contribution in [0, 0.1) is 0 Å². The smallest absolute Gasteiger partial charge is 0.135 e. The average molecular weight is 334 g/mol. The average Bonchev–Trinajstić information content (AvgIpc) is 2.70. The van der Waals surface area contributed by atoms with Crippen molar-refractivity contribution in [2.24, 2.45) is 0 Å². The SMILES string of the molecule is C1=c2c(ccc3c4c(ccc23)Oc2ccccc2C=4)Oc2ccccc21. The Balaban J connectivity index is 1.71. The van der Waals surface area contributed by atoms with Crippen LogP contribution in [0.1, 0.15) is 11.1 Å². The predicted octanol–water partition coefficient (Wildman–Crippen LogP) is 4.71. The first-order valence-corrected chi connectivity index (χ1v) is 8.70. The Bertz CT molecular complexity index is 1230. The van der Waals surface area contributed by atoms with Crippen LogP contribution < -0.4 is 19.9 Å². The van der Waals surface area contributed by atoms with Crippen LogP contribution in [0.15, 0.2) is 72.8 Å². The largest absolute Gasteiger partial charge is 0.456 e. The Morgan fingerprint density at radius 1 is 0.423 bits per heavy atom. The highest BCUT2D eigenvalue weighted by molar-refractivity contribution is 5.91. The van der Waals surface area contributed by atoms with Crippen molar-refractivity contribution < 1.29 is 9.47 Å². The van der Waals surface area contributed by atoms with Crippen molar-refractivity contribution >= 4 is 22.9 Å².